The molecule has 96 valence electrons. The quantitative estimate of drug-likeness (QED) is 0.846. The minimum atomic E-state index is -0.147. The number of benzene rings is 1. The average molecular weight is 246 g/mol. The van der Waals surface area contributed by atoms with Gasteiger partial charge < -0.3 is 10.5 Å². The van der Waals surface area contributed by atoms with Gasteiger partial charge in [-0.3, -0.25) is 5.10 Å². The lowest BCUT2D eigenvalue weighted by atomic mass is 10.1. The molecule has 1 unspecified atom stereocenters. The monoisotopic (exact) mass is 246 g/mol. The molecule has 0 bridgehead atoms. The fraction of sp³-hybridized carbons (Fsp3) is 0.385. The number of hydrogen-bond donors (Lipinski definition) is 2. The van der Waals surface area contributed by atoms with Crippen LogP contribution in [0.4, 0.5) is 0 Å². The molecule has 1 aromatic carbocycles. The van der Waals surface area contributed by atoms with Crippen molar-refractivity contribution in [1.29, 1.82) is 0 Å². The van der Waals surface area contributed by atoms with Crippen LogP contribution in [0.5, 0.6) is 5.75 Å². The van der Waals surface area contributed by atoms with E-state index >= 15 is 0 Å². The molecule has 18 heavy (non-hydrogen) atoms. The van der Waals surface area contributed by atoms with E-state index in [0.717, 1.165) is 5.75 Å². The fourth-order valence-corrected chi connectivity index (χ4v) is 1.49. The van der Waals surface area contributed by atoms with E-state index in [1.165, 1.54) is 0 Å². The second kappa shape index (κ2) is 5.64. The Bertz CT molecular complexity index is 481. The van der Waals surface area contributed by atoms with Crippen molar-refractivity contribution in [3.8, 4) is 5.75 Å². The SMILES string of the molecule is CC(C)C(N)c1n[nH]c(COc2ccccc2)n1. The Labute approximate surface area is 106 Å². The molecule has 0 amide bonds. The Hall–Kier alpha value is -1.88. The maximum absolute atomic E-state index is 5.97. The minimum Gasteiger partial charge on any atom is -0.486 e. The number of H-pyrrole nitrogens is 1. The van der Waals surface area contributed by atoms with Gasteiger partial charge >= 0.3 is 0 Å². The Morgan fingerprint density at radius 1 is 1.28 bits per heavy atom. The highest BCUT2D eigenvalue weighted by Gasteiger charge is 2.15. The zero-order valence-electron chi connectivity index (χ0n) is 10.6. The van der Waals surface area contributed by atoms with Gasteiger partial charge in [0.15, 0.2) is 11.6 Å². The summed E-state index contributed by atoms with van der Waals surface area (Å²) in [4.78, 5) is 4.33. The topological polar surface area (TPSA) is 76.8 Å². The molecular weight excluding hydrogens is 228 g/mol. The summed E-state index contributed by atoms with van der Waals surface area (Å²) in [6.45, 7) is 4.45. The van der Waals surface area contributed by atoms with Crippen molar-refractivity contribution < 1.29 is 4.74 Å². The second-order valence-corrected chi connectivity index (χ2v) is 4.51. The molecule has 5 nitrogen and oxygen atoms in total. The summed E-state index contributed by atoms with van der Waals surface area (Å²) in [5.41, 5.74) is 5.97. The van der Waals surface area contributed by atoms with E-state index in [9.17, 15) is 0 Å². The average Bonchev–Trinajstić information content (AvgIpc) is 2.85. The summed E-state index contributed by atoms with van der Waals surface area (Å²) in [5.74, 6) is 2.44. The molecule has 0 saturated carbocycles. The van der Waals surface area contributed by atoms with Gasteiger partial charge in [0.2, 0.25) is 0 Å². The molecule has 1 heterocycles. The molecule has 0 spiro atoms. The van der Waals surface area contributed by atoms with E-state index in [0.29, 0.717) is 24.2 Å². The number of aromatic amines is 1. The minimum absolute atomic E-state index is 0.147. The third kappa shape index (κ3) is 3.07. The van der Waals surface area contributed by atoms with Gasteiger partial charge in [-0.05, 0) is 18.1 Å². The van der Waals surface area contributed by atoms with Gasteiger partial charge in [0.05, 0.1) is 6.04 Å². The Balaban J connectivity index is 1.95. The van der Waals surface area contributed by atoms with E-state index in [2.05, 4.69) is 15.2 Å². The standard InChI is InChI=1S/C13H18N4O/c1-9(2)12(14)13-15-11(16-17-13)8-18-10-6-4-3-5-7-10/h3-7,9,12H,8,14H2,1-2H3,(H,15,16,17). The van der Waals surface area contributed by atoms with Gasteiger partial charge in [0, 0.05) is 0 Å². The number of hydrogen-bond acceptors (Lipinski definition) is 4. The third-order valence-electron chi connectivity index (χ3n) is 2.68. The van der Waals surface area contributed by atoms with Crippen LogP contribution in [0.25, 0.3) is 0 Å². The van der Waals surface area contributed by atoms with E-state index < -0.39 is 0 Å². The molecule has 0 aliphatic rings. The summed E-state index contributed by atoms with van der Waals surface area (Å²) in [7, 11) is 0. The van der Waals surface area contributed by atoms with Gasteiger partial charge in [-0.25, -0.2) is 4.98 Å². The predicted molar refractivity (Wildman–Crippen MR) is 68.9 cm³/mol. The van der Waals surface area contributed by atoms with Crippen molar-refractivity contribution in [2.24, 2.45) is 11.7 Å². The Kier molecular flexibility index (Phi) is 3.94. The number of aromatic nitrogens is 3. The Morgan fingerprint density at radius 2 is 2.00 bits per heavy atom. The smallest absolute Gasteiger partial charge is 0.167 e. The molecule has 0 aliphatic heterocycles. The molecule has 0 radical (unpaired) electrons. The van der Waals surface area contributed by atoms with Crippen LogP contribution in [0.3, 0.4) is 0 Å². The second-order valence-electron chi connectivity index (χ2n) is 4.51. The van der Waals surface area contributed by atoms with Crippen molar-refractivity contribution in [3.05, 3.63) is 42.0 Å². The highest BCUT2D eigenvalue weighted by Crippen LogP contribution is 2.15. The molecule has 1 aromatic heterocycles. The van der Waals surface area contributed by atoms with Gasteiger partial charge in [-0.15, -0.1) is 0 Å². The van der Waals surface area contributed by atoms with Crippen molar-refractivity contribution in [2.45, 2.75) is 26.5 Å². The molecule has 3 N–H and O–H groups in total. The van der Waals surface area contributed by atoms with Crippen LogP contribution < -0.4 is 10.5 Å². The zero-order chi connectivity index (χ0) is 13.0. The summed E-state index contributed by atoms with van der Waals surface area (Å²) in [5, 5.41) is 6.95. The summed E-state index contributed by atoms with van der Waals surface area (Å²) in [6.07, 6.45) is 0. The first-order valence-electron chi connectivity index (χ1n) is 6.01. The van der Waals surface area contributed by atoms with Crippen LogP contribution >= 0.6 is 0 Å². The lowest BCUT2D eigenvalue weighted by Crippen LogP contribution is -2.18. The van der Waals surface area contributed by atoms with Gasteiger partial charge in [-0.1, -0.05) is 32.0 Å². The predicted octanol–water partition coefficient (Wildman–Crippen LogP) is 2.04. The van der Waals surface area contributed by atoms with Crippen molar-refractivity contribution >= 4 is 0 Å². The van der Waals surface area contributed by atoms with E-state index in [1.54, 1.807) is 0 Å². The third-order valence-corrected chi connectivity index (χ3v) is 2.68. The number of ether oxygens (including phenoxy) is 1. The molecule has 2 rings (SSSR count). The van der Waals surface area contributed by atoms with E-state index in [-0.39, 0.29) is 6.04 Å². The maximum Gasteiger partial charge on any atom is 0.167 e. The molecule has 1 atom stereocenters. The highest BCUT2D eigenvalue weighted by molar-refractivity contribution is 5.21. The lowest BCUT2D eigenvalue weighted by molar-refractivity contribution is 0.296. The molecular formula is C13H18N4O. The van der Waals surface area contributed by atoms with E-state index in [4.69, 9.17) is 10.5 Å². The van der Waals surface area contributed by atoms with Gasteiger partial charge in [0.25, 0.3) is 0 Å². The van der Waals surface area contributed by atoms with Gasteiger partial charge in [-0.2, -0.15) is 5.10 Å². The Morgan fingerprint density at radius 3 is 2.67 bits per heavy atom. The molecule has 0 fully saturated rings. The molecule has 2 aromatic rings. The molecule has 0 saturated heterocycles. The van der Waals surface area contributed by atoms with Crippen molar-refractivity contribution in [2.75, 3.05) is 0 Å². The summed E-state index contributed by atoms with van der Waals surface area (Å²) < 4.78 is 5.57. The van der Waals surface area contributed by atoms with Crippen LogP contribution in [-0.2, 0) is 6.61 Å². The first kappa shape index (κ1) is 12.6. The zero-order valence-corrected chi connectivity index (χ0v) is 10.6. The number of para-hydroxylation sites is 1. The van der Waals surface area contributed by atoms with Crippen LogP contribution in [0.1, 0.15) is 31.5 Å². The van der Waals surface area contributed by atoms with Crippen LogP contribution in [-0.4, -0.2) is 15.2 Å². The fourth-order valence-electron chi connectivity index (χ4n) is 1.49. The van der Waals surface area contributed by atoms with Crippen LogP contribution in [0, 0.1) is 5.92 Å². The van der Waals surface area contributed by atoms with Crippen molar-refractivity contribution in [1.82, 2.24) is 15.2 Å². The van der Waals surface area contributed by atoms with Gasteiger partial charge in [0.1, 0.15) is 12.4 Å². The molecule has 5 heteroatoms. The van der Waals surface area contributed by atoms with Crippen molar-refractivity contribution in [3.63, 3.8) is 0 Å². The van der Waals surface area contributed by atoms with Crippen LogP contribution in [0.15, 0.2) is 30.3 Å². The van der Waals surface area contributed by atoms with E-state index in [1.807, 2.05) is 44.2 Å². The number of nitrogens with two attached hydrogens (primary N) is 1. The first-order valence-corrected chi connectivity index (χ1v) is 6.01. The summed E-state index contributed by atoms with van der Waals surface area (Å²) >= 11 is 0. The maximum atomic E-state index is 5.97. The summed E-state index contributed by atoms with van der Waals surface area (Å²) in [6, 6.07) is 9.45. The largest absolute Gasteiger partial charge is 0.486 e. The first-order chi connectivity index (χ1) is 8.66. The number of nitrogens with one attached hydrogen (secondary N) is 1. The highest BCUT2D eigenvalue weighted by atomic mass is 16.5. The molecule has 0 aliphatic carbocycles. The normalized spacial score (nSPS) is 12.7. The van der Waals surface area contributed by atoms with Crippen LogP contribution in [0.2, 0.25) is 0 Å². The lowest BCUT2D eigenvalue weighted by Gasteiger charge is -2.10. The number of rotatable bonds is 5. The number of nitrogens with zero attached hydrogens (tertiary/aromatic N) is 2.